The molecule has 0 saturated carbocycles. The SMILES string of the molecule is CCc1cccc(CC)c1NC(=O)C(C)C(C)N. The first kappa shape index (κ1) is 14.7. The van der Waals surface area contributed by atoms with E-state index < -0.39 is 0 Å². The molecule has 0 heterocycles. The highest BCUT2D eigenvalue weighted by atomic mass is 16.1. The third-order valence-electron chi connectivity index (χ3n) is 3.45. The molecule has 1 aromatic rings. The first-order chi connectivity index (χ1) is 8.51. The van der Waals surface area contributed by atoms with Gasteiger partial charge in [0.2, 0.25) is 5.91 Å². The van der Waals surface area contributed by atoms with Gasteiger partial charge < -0.3 is 11.1 Å². The predicted octanol–water partition coefficient (Wildman–Crippen LogP) is 2.73. The van der Waals surface area contributed by atoms with Crippen LogP contribution in [-0.4, -0.2) is 11.9 Å². The van der Waals surface area contributed by atoms with Crippen molar-refractivity contribution in [2.75, 3.05) is 5.32 Å². The average molecular weight is 248 g/mol. The van der Waals surface area contributed by atoms with Gasteiger partial charge >= 0.3 is 0 Å². The normalized spacial score (nSPS) is 14.1. The van der Waals surface area contributed by atoms with Gasteiger partial charge in [-0.05, 0) is 30.9 Å². The molecule has 3 N–H and O–H groups in total. The molecule has 0 aliphatic carbocycles. The van der Waals surface area contributed by atoms with Gasteiger partial charge in [-0.1, -0.05) is 39.0 Å². The van der Waals surface area contributed by atoms with Crippen LogP contribution in [0.1, 0.15) is 38.8 Å². The van der Waals surface area contributed by atoms with E-state index in [0.717, 1.165) is 18.5 Å². The summed E-state index contributed by atoms with van der Waals surface area (Å²) in [7, 11) is 0. The number of rotatable bonds is 5. The molecule has 0 saturated heterocycles. The number of aryl methyl sites for hydroxylation is 2. The van der Waals surface area contributed by atoms with Crippen LogP contribution in [0.3, 0.4) is 0 Å². The number of nitrogens with one attached hydrogen (secondary N) is 1. The van der Waals surface area contributed by atoms with Crippen molar-refractivity contribution in [3.63, 3.8) is 0 Å². The van der Waals surface area contributed by atoms with Crippen LogP contribution in [0.2, 0.25) is 0 Å². The fraction of sp³-hybridized carbons (Fsp3) is 0.533. The van der Waals surface area contributed by atoms with E-state index in [1.165, 1.54) is 11.1 Å². The number of anilines is 1. The van der Waals surface area contributed by atoms with Crippen molar-refractivity contribution in [2.24, 2.45) is 11.7 Å². The lowest BCUT2D eigenvalue weighted by molar-refractivity contribution is -0.119. The van der Waals surface area contributed by atoms with E-state index in [-0.39, 0.29) is 17.9 Å². The van der Waals surface area contributed by atoms with Crippen molar-refractivity contribution < 1.29 is 4.79 Å². The first-order valence-electron chi connectivity index (χ1n) is 6.68. The lowest BCUT2D eigenvalue weighted by atomic mass is 10.0. The molecule has 1 aromatic carbocycles. The highest BCUT2D eigenvalue weighted by Crippen LogP contribution is 2.23. The molecule has 0 aromatic heterocycles. The van der Waals surface area contributed by atoms with Gasteiger partial charge in [-0.25, -0.2) is 0 Å². The zero-order chi connectivity index (χ0) is 13.7. The number of carbonyl (C=O) groups excluding carboxylic acids is 1. The topological polar surface area (TPSA) is 55.1 Å². The highest BCUT2D eigenvalue weighted by Gasteiger charge is 2.18. The minimum atomic E-state index is -0.181. The van der Waals surface area contributed by atoms with Crippen molar-refractivity contribution in [3.05, 3.63) is 29.3 Å². The van der Waals surface area contributed by atoms with E-state index in [1.807, 2.05) is 19.9 Å². The molecule has 1 rings (SSSR count). The summed E-state index contributed by atoms with van der Waals surface area (Å²) in [5.41, 5.74) is 9.10. The Balaban J connectivity index is 2.99. The van der Waals surface area contributed by atoms with Crippen LogP contribution < -0.4 is 11.1 Å². The number of benzene rings is 1. The summed E-state index contributed by atoms with van der Waals surface area (Å²) in [6.07, 6.45) is 1.83. The second kappa shape index (κ2) is 6.55. The van der Waals surface area contributed by atoms with Gasteiger partial charge in [0.15, 0.2) is 0 Å². The minimum Gasteiger partial charge on any atom is -0.327 e. The molecule has 0 fully saturated rings. The van der Waals surface area contributed by atoms with Gasteiger partial charge in [0.05, 0.1) is 5.92 Å². The summed E-state index contributed by atoms with van der Waals surface area (Å²) >= 11 is 0. The zero-order valence-corrected chi connectivity index (χ0v) is 11.8. The van der Waals surface area contributed by atoms with Crippen molar-refractivity contribution in [2.45, 2.75) is 46.6 Å². The van der Waals surface area contributed by atoms with E-state index >= 15 is 0 Å². The lowest BCUT2D eigenvalue weighted by Crippen LogP contribution is -2.34. The smallest absolute Gasteiger partial charge is 0.228 e. The molecule has 0 aliphatic heterocycles. The Hall–Kier alpha value is -1.35. The quantitative estimate of drug-likeness (QED) is 0.841. The minimum absolute atomic E-state index is 0.000556. The summed E-state index contributed by atoms with van der Waals surface area (Å²) < 4.78 is 0. The van der Waals surface area contributed by atoms with Crippen LogP contribution in [0.15, 0.2) is 18.2 Å². The van der Waals surface area contributed by atoms with Gasteiger partial charge in [-0.2, -0.15) is 0 Å². The van der Waals surface area contributed by atoms with Gasteiger partial charge in [0, 0.05) is 11.7 Å². The summed E-state index contributed by atoms with van der Waals surface area (Å²) in [6, 6.07) is 6.03. The Kier molecular flexibility index (Phi) is 5.35. The predicted molar refractivity (Wildman–Crippen MR) is 76.6 cm³/mol. The summed E-state index contributed by atoms with van der Waals surface area (Å²) in [5, 5.41) is 3.04. The maximum absolute atomic E-state index is 12.1. The Morgan fingerprint density at radius 3 is 2.11 bits per heavy atom. The standard InChI is InChI=1S/C15H24N2O/c1-5-12-8-7-9-13(6-2)14(12)17-15(18)10(3)11(4)16/h7-11H,5-6,16H2,1-4H3,(H,17,18). The summed E-state index contributed by atoms with van der Waals surface area (Å²) in [4.78, 5) is 12.1. The molecule has 0 aliphatic rings. The van der Waals surface area contributed by atoms with E-state index in [0.29, 0.717) is 0 Å². The molecule has 18 heavy (non-hydrogen) atoms. The van der Waals surface area contributed by atoms with E-state index in [2.05, 4.69) is 31.3 Å². The molecule has 3 nitrogen and oxygen atoms in total. The molecular formula is C15H24N2O. The van der Waals surface area contributed by atoms with Crippen molar-refractivity contribution in [1.29, 1.82) is 0 Å². The molecular weight excluding hydrogens is 224 g/mol. The number of nitrogens with two attached hydrogens (primary N) is 1. The Labute approximate surface area is 110 Å². The first-order valence-corrected chi connectivity index (χ1v) is 6.68. The molecule has 100 valence electrons. The molecule has 0 spiro atoms. The third-order valence-corrected chi connectivity index (χ3v) is 3.45. The van der Waals surface area contributed by atoms with Crippen molar-refractivity contribution in [1.82, 2.24) is 0 Å². The van der Waals surface area contributed by atoms with E-state index in [1.54, 1.807) is 0 Å². The Bertz CT molecular complexity index is 391. The zero-order valence-electron chi connectivity index (χ0n) is 11.8. The number of amides is 1. The molecule has 1 amide bonds. The van der Waals surface area contributed by atoms with Crippen LogP contribution in [0.4, 0.5) is 5.69 Å². The second-order valence-electron chi connectivity index (χ2n) is 4.80. The monoisotopic (exact) mass is 248 g/mol. The van der Waals surface area contributed by atoms with Crippen LogP contribution in [0.25, 0.3) is 0 Å². The molecule has 2 unspecified atom stereocenters. The molecule has 0 bridgehead atoms. The van der Waals surface area contributed by atoms with Gasteiger partial charge in [-0.3, -0.25) is 4.79 Å². The van der Waals surface area contributed by atoms with Crippen LogP contribution >= 0.6 is 0 Å². The van der Waals surface area contributed by atoms with Gasteiger partial charge in [0.25, 0.3) is 0 Å². The van der Waals surface area contributed by atoms with Crippen molar-refractivity contribution in [3.8, 4) is 0 Å². The Morgan fingerprint density at radius 2 is 1.72 bits per heavy atom. The maximum atomic E-state index is 12.1. The second-order valence-corrected chi connectivity index (χ2v) is 4.80. The largest absolute Gasteiger partial charge is 0.327 e. The number of para-hydroxylation sites is 1. The number of hydrogen-bond donors (Lipinski definition) is 2. The fourth-order valence-corrected chi connectivity index (χ4v) is 1.88. The van der Waals surface area contributed by atoms with E-state index in [9.17, 15) is 4.79 Å². The number of carbonyl (C=O) groups is 1. The van der Waals surface area contributed by atoms with Crippen LogP contribution in [-0.2, 0) is 17.6 Å². The average Bonchev–Trinajstić information content (AvgIpc) is 2.37. The lowest BCUT2D eigenvalue weighted by Gasteiger charge is -2.19. The number of hydrogen-bond acceptors (Lipinski definition) is 2. The maximum Gasteiger partial charge on any atom is 0.228 e. The summed E-state index contributed by atoms with van der Waals surface area (Å²) in [6.45, 7) is 7.91. The third kappa shape index (κ3) is 3.33. The molecule has 0 radical (unpaired) electrons. The van der Waals surface area contributed by atoms with Crippen molar-refractivity contribution >= 4 is 11.6 Å². The molecule has 3 heteroatoms. The molecule has 2 atom stereocenters. The highest BCUT2D eigenvalue weighted by molar-refractivity contribution is 5.94. The summed E-state index contributed by atoms with van der Waals surface area (Å²) in [5.74, 6) is -0.180. The van der Waals surface area contributed by atoms with Crippen LogP contribution in [0.5, 0.6) is 0 Å². The van der Waals surface area contributed by atoms with Gasteiger partial charge in [-0.15, -0.1) is 0 Å². The van der Waals surface area contributed by atoms with Crippen LogP contribution in [0, 0.1) is 5.92 Å². The van der Waals surface area contributed by atoms with E-state index in [4.69, 9.17) is 5.73 Å². The fourth-order valence-electron chi connectivity index (χ4n) is 1.88. The Morgan fingerprint density at radius 1 is 1.22 bits per heavy atom. The van der Waals surface area contributed by atoms with Gasteiger partial charge in [0.1, 0.15) is 0 Å².